The van der Waals surface area contributed by atoms with Crippen LogP contribution < -0.4 is 4.74 Å². The van der Waals surface area contributed by atoms with E-state index in [1.807, 2.05) is 24.3 Å². The third kappa shape index (κ3) is 2.41. The lowest BCUT2D eigenvalue weighted by Crippen LogP contribution is -2.24. The zero-order valence-electron chi connectivity index (χ0n) is 10.1. The Morgan fingerprint density at radius 1 is 1.17 bits per heavy atom. The second-order valence-electron chi connectivity index (χ2n) is 3.87. The number of ether oxygens (including phenoxy) is 2. The minimum Gasteiger partial charge on any atom is -0.478 e. The maximum atomic E-state index is 11.3. The van der Waals surface area contributed by atoms with Gasteiger partial charge < -0.3 is 9.47 Å². The van der Waals surface area contributed by atoms with Crippen LogP contribution in [-0.4, -0.2) is 19.2 Å². The van der Waals surface area contributed by atoms with Gasteiger partial charge in [-0.1, -0.05) is 35.9 Å². The van der Waals surface area contributed by atoms with E-state index in [0.717, 1.165) is 10.8 Å². The summed E-state index contributed by atoms with van der Waals surface area (Å²) in [6, 6.07) is 11.1. The number of rotatable bonds is 3. The highest BCUT2D eigenvalue weighted by molar-refractivity contribution is 6.35. The van der Waals surface area contributed by atoms with Crippen molar-refractivity contribution in [3.05, 3.63) is 41.4 Å². The molecule has 0 spiro atoms. The van der Waals surface area contributed by atoms with E-state index in [0.29, 0.717) is 10.8 Å². The lowest BCUT2D eigenvalue weighted by molar-refractivity contribution is -0.147. The van der Waals surface area contributed by atoms with Crippen LogP contribution in [0.4, 0.5) is 0 Å². The van der Waals surface area contributed by atoms with Gasteiger partial charge in [0.1, 0.15) is 5.75 Å². The topological polar surface area (TPSA) is 35.5 Å². The first-order valence-electron chi connectivity index (χ1n) is 5.55. The van der Waals surface area contributed by atoms with Crippen LogP contribution in [0, 0.1) is 0 Å². The zero-order chi connectivity index (χ0) is 13.1. The maximum Gasteiger partial charge on any atom is 0.346 e. The molecule has 0 N–H and O–H groups in total. The molecular formula is C14H13ClO3. The second-order valence-corrected chi connectivity index (χ2v) is 4.28. The predicted molar refractivity (Wildman–Crippen MR) is 71.1 cm³/mol. The van der Waals surface area contributed by atoms with Crippen LogP contribution in [0.15, 0.2) is 36.4 Å². The number of methoxy groups -OCH3 is 1. The van der Waals surface area contributed by atoms with Gasteiger partial charge >= 0.3 is 5.97 Å². The minimum atomic E-state index is -0.653. The van der Waals surface area contributed by atoms with Crippen molar-refractivity contribution in [3.63, 3.8) is 0 Å². The van der Waals surface area contributed by atoms with Gasteiger partial charge in [-0.15, -0.1) is 0 Å². The van der Waals surface area contributed by atoms with Crippen molar-refractivity contribution in [1.29, 1.82) is 0 Å². The molecule has 94 valence electrons. The predicted octanol–water partition coefficient (Wildman–Crippen LogP) is 3.43. The average molecular weight is 265 g/mol. The summed E-state index contributed by atoms with van der Waals surface area (Å²) in [5.74, 6) is 0.210. The zero-order valence-corrected chi connectivity index (χ0v) is 10.9. The molecule has 0 aliphatic carbocycles. The Hall–Kier alpha value is -1.74. The average Bonchev–Trinajstić information content (AvgIpc) is 2.41. The van der Waals surface area contributed by atoms with Crippen molar-refractivity contribution in [2.45, 2.75) is 13.0 Å². The molecule has 0 aliphatic heterocycles. The minimum absolute atomic E-state index is 0.408. The molecule has 0 saturated carbocycles. The van der Waals surface area contributed by atoms with Crippen LogP contribution >= 0.6 is 11.6 Å². The number of carbonyl (C=O) groups excluding carboxylic acids is 1. The summed E-state index contributed by atoms with van der Waals surface area (Å²) >= 11 is 6.11. The van der Waals surface area contributed by atoms with Crippen molar-refractivity contribution in [2.75, 3.05) is 7.11 Å². The van der Waals surface area contributed by atoms with Gasteiger partial charge in [0.2, 0.25) is 0 Å². The normalized spacial score (nSPS) is 12.2. The molecule has 0 bridgehead atoms. The fraction of sp³-hybridized carbons (Fsp3) is 0.214. The molecule has 0 fully saturated rings. The Morgan fingerprint density at radius 2 is 1.83 bits per heavy atom. The van der Waals surface area contributed by atoms with Crippen molar-refractivity contribution in [2.24, 2.45) is 0 Å². The molecule has 0 amide bonds. The molecular weight excluding hydrogens is 252 g/mol. The lowest BCUT2D eigenvalue weighted by atomic mass is 10.1. The summed E-state index contributed by atoms with van der Waals surface area (Å²) in [4.78, 5) is 11.3. The van der Waals surface area contributed by atoms with Crippen LogP contribution in [0.5, 0.6) is 5.75 Å². The molecule has 0 aliphatic rings. The summed E-state index contributed by atoms with van der Waals surface area (Å²) in [6.07, 6.45) is -0.653. The molecule has 1 atom stereocenters. The number of halogens is 1. The van der Waals surface area contributed by atoms with E-state index >= 15 is 0 Å². The van der Waals surface area contributed by atoms with Crippen molar-refractivity contribution < 1.29 is 14.3 Å². The standard InChI is InChI=1S/C14H13ClO3/c1-9(14(16)17-2)18-13-8-7-12(15)10-5-3-4-6-11(10)13/h3-9H,1-2H3/t9-/m0/s1. The van der Waals surface area contributed by atoms with E-state index in [-0.39, 0.29) is 0 Å². The third-order valence-electron chi connectivity index (χ3n) is 2.67. The van der Waals surface area contributed by atoms with Gasteiger partial charge in [-0.3, -0.25) is 0 Å². The Labute approximate surface area is 110 Å². The van der Waals surface area contributed by atoms with E-state index in [2.05, 4.69) is 4.74 Å². The van der Waals surface area contributed by atoms with E-state index in [1.54, 1.807) is 19.1 Å². The third-order valence-corrected chi connectivity index (χ3v) is 3.00. The fourth-order valence-corrected chi connectivity index (χ4v) is 1.97. The van der Waals surface area contributed by atoms with Gasteiger partial charge in [0.15, 0.2) is 6.10 Å². The Balaban J connectivity index is 2.40. The largest absolute Gasteiger partial charge is 0.478 e. The van der Waals surface area contributed by atoms with Gasteiger partial charge in [0, 0.05) is 15.8 Å². The van der Waals surface area contributed by atoms with Gasteiger partial charge in [-0.2, -0.15) is 0 Å². The van der Waals surface area contributed by atoms with Gasteiger partial charge in [-0.05, 0) is 19.1 Å². The molecule has 0 heterocycles. The summed E-state index contributed by atoms with van der Waals surface area (Å²) in [5.41, 5.74) is 0. The summed E-state index contributed by atoms with van der Waals surface area (Å²) < 4.78 is 10.2. The highest BCUT2D eigenvalue weighted by atomic mass is 35.5. The molecule has 2 aromatic rings. The molecule has 2 aromatic carbocycles. The molecule has 0 radical (unpaired) electrons. The Kier molecular flexibility index (Phi) is 3.72. The fourth-order valence-electron chi connectivity index (χ4n) is 1.74. The van der Waals surface area contributed by atoms with Gasteiger partial charge in [0.05, 0.1) is 7.11 Å². The quantitative estimate of drug-likeness (QED) is 0.797. The van der Waals surface area contributed by atoms with Gasteiger partial charge in [-0.25, -0.2) is 4.79 Å². The van der Waals surface area contributed by atoms with Crippen LogP contribution in [-0.2, 0) is 9.53 Å². The molecule has 0 unspecified atom stereocenters. The monoisotopic (exact) mass is 264 g/mol. The molecule has 18 heavy (non-hydrogen) atoms. The molecule has 4 heteroatoms. The van der Waals surface area contributed by atoms with Gasteiger partial charge in [0.25, 0.3) is 0 Å². The van der Waals surface area contributed by atoms with E-state index in [1.165, 1.54) is 7.11 Å². The number of hydrogen-bond donors (Lipinski definition) is 0. The van der Waals surface area contributed by atoms with Crippen molar-refractivity contribution in [3.8, 4) is 5.75 Å². The van der Waals surface area contributed by atoms with Crippen LogP contribution in [0.2, 0.25) is 5.02 Å². The smallest absolute Gasteiger partial charge is 0.346 e. The summed E-state index contributed by atoms with van der Waals surface area (Å²) in [5, 5.41) is 2.43. The van der Waals surface area contributed by atoms with E-state index < -0.39 is 12.1 Å². The first-order valence-corrected chi connectivity index (χ1v) is 5.93. The number of benzene rings is 2. The summed E-state index contributed by atoms with van der Waals surface area (Å²) in [6.45, 7) is 1.65. The van der Waals surface area contributed by atoms with Crippen LogP contribution in [0.1, 0.15) is 6.92 Å². The number of hydrogen-bond acceptors (Lipinski definition) is 3. The Bertz CT molecular complexity index is 580. The van der Waals surface area contributed by atoms with Crippen molar-refractivity contribution >= 4 is 28.3 Å². The number of fused-ring (bicyclic) bond motifs is 1. The molecule has 0 aromatic heterocycles. The molecule has 2 rings (SSSR count). The number of esters is 1. The first kappa shape index (κ1) is 12.7. The highest BCUT2D eigenvalue weighted by Gasteiger charge is 2.16. The maximum absolute atomic E-state index is 11.3. The Morgan fingerprint density at radius 3 is 2.50 bits per heavy atom. The second kappa shape index (κ2) is 5.27. The summed E-state index contributed by atoms with van der Waals surface area (Å²) in [7, 11) is 1.34. The first-order chi connectivity index (χ1) is 8.63. The number of carbonyl (C=O) groups is 1. The molecule has 0 saturated heterocycles. The van der Waals surface area contributed by atoms with Crippen molar-refractivity contribution in [1.82, 2.24) is 0 Å². The van der Waals surface area contributed by atoms with Crippen LogP contribution in [0.3, 0.4) is 0 Å². The SMILES string of the molecule is COC(=O)[C@H](C)Oc1ccc(Cl)c2ccccc12. The molecule has 3 nitrogen and oxygen atoms in total. The van der Waals surface area contributed by atoms with E-state index in [4.69, 9.17) is 16.3 Å². The lowest BCUT2D eigenvalue weighted by Gasteiger charge is -2.14. The van der Waals surface area contributed by atoms with E-state index in [9.17, 15) is 4.79 Å². The highest BCUT2D eigenvalue weighted by Crippen LogP contribution is 2.31. The van der Waals surface area contributed by atoms with Crippen LogP contribution in [0.25, 0.3) is 10.8 Å².